The highest BCUT2D eigenvalue weighted by atomic mass is 79.9. The predicted molar refractivity (Wildman–Crippen MR) is 118 cm³/mol. The third kappa shape index (κ3) is 5.25. The van der Waals surface area contributed by atoms with Crippen LogP contribution in [-0.2, 0) is 13.6 Å². The topological polar surface area (TPSA) is 70.4 Å². The number of anilines is 1. The van der Waals surface area contributed by atoms with Crippen molar-refractivity contribution in [3.8, 4) is 0 Å². The number of hydrogen-bond donors (Lipinski definition) is 2. The lowest BCUT2D eigenvalue weighted by Gasteiger charge is -2.21. The van der Waals surface area contributed by atoms with E-state index in [2.05, 4.69) is 72.8 Å². The number of halogens is 1. The van der Waals surface area contributed by atoms with Gasteiger partial charge in [0.1, 0.15) is 12.4 Å². The second-order valence-corrected chi connectivity index (χ2v) is 8.05. The van der Waals surface area contributed by atoms with Gasteiger partial charge in [-0.25, -0.2) is 4.99 Å². The van der Waals surface area contributed by atoms with Crippen LogP contribution in [0.25, 0.3) is 0 Å². The Kier molecular flexibility index (Phi) is 7.30. The fourth-order valence-electron chi connectivity index (χ4n) is 3.27. The molecule has 152 valence electrons. The van der Waals surface area contributed by atoms with Crippen LogP contribution in [0.1, 0.15) is 37.8 Å². The number of guanidine groups is 1. The Balaban J connectivity index is 1.63. The van der Waals surface area contributed by atoms with Gasteiger partial charge in [0.15, 0.2) is 11.8 Å². The van der Waals surface area contributed by atoms with Crippen molar-refractivity contribution in [3.05, 3.63) is 40.4 Å². The van der Waals surface area contributed by atoms with Gasteiger partial charge in [0.25, 0.3) is 0 Å². The maximum absolute atomic E-state index is 4.76. The number of para-hydroxylation sites is 1. The van der Waals surface area contributed by atoms with Crippen LogP contribution < -0.4 is 15.5 Å². The van der Waals surface area contributed by atoms with Gasteiger partial charge in [-0.3, -0.25) is 0 Å². The van der Waals surface area contributed by atoms with E-state index in [9.17, 15) is 0 Å². The third-order valence-corrected chi connectivity index (χ3v) is 5.78. The molecule has 1 aromatic carbocycles. The van der Waals surface area contributed by atoms with Gasteiger partial charge < -0.3 is 20.1 Å². The van der Waals surface area contributed by atoms with Crippen LogP contribution in [0.3, 0.4) is 0 Å². The summed E-state index contributed by atoms with van der Waals surface area (Å²) in [6.45, 7) is 7.57. The largest absolute Gasteiger partial charge is 0.368 e. The molecule has 1 aromatic heterocycles. The van der Waals surface area contributed by atoms with Crippen LogP contribution in [0, 0.1) is 6.92 Å². The quantitative estimate of drug-likeness (QED) is 0.387. The predicted octanol–water partition coefficient (Wildman–Crippen LogP) is 3.00. The van der Waals surface area contributed by atoms with Crippen molar-refractivity contribution in [3.63, 3.8) is 0 Å². The average molecular weight is 448 g/mol. The van der Waals surface area contributed by atoms with E-state index in [1.54, 1.807) is 0 Å². The molecular formula is C20H30BrN7. The molecule has 1 aliphatic heterocycles. The minimum atomic E-state index is 0.362. The van der Waals surface area contributed by atoms with Crippen LogP contribution in [0.2, 0.25) is 0 Å². The number of nitrogens with zero attached hydrogens (tertiary/aromatic N) is 5. The number of benzene rings is 1. The number of unbranched alkanes of at least 4 members (excludes halogenated alkanes) is 1. The first-order valence-electron chi connectivity index (χ1n) is 9.97. The smallest absolute Gasteiger partial charge is 0.191 e. The summed E-state index contributed by atoms with van der Waals surface area (Å²) in [6, 6.07) is 8.76. The molecule has 0 saturated carbocycles. The summed E-state index contributed by atoms with van der Waals surface area (Å²) in [4.78, 5) is 7.18. The highest BCUT2D eigenvalue weighted by molar-refractivity contribution is 9.10. The molecule has 2 N–H and O–H groups in total. The van der Waals surface area contributed by atoms with E-state index < -0.39 is 0 Å². The molecule has 1 atom stereocenters. The van der Waals surface area contributed by atoms with Gasteiger partial charge in [-0.1, -0.05) is 25.5 Å². The van der Waals surface area contributed by atoms with Crippen LogP contribution in [-0.4, -0.2) is 46.4 Å². The lowest BCUT2D eigenvalue weighted by molar-refractivity contribution is 0.636. The van der Waals surface area contributed by atoms with Gasteiger partial charge >= 0.3 is 0 Å². The number of aryl methyl sites for hydroxylation is 1. The Morgan fingerprint density at radius 2 is 2.14 bits per heavy atom. The Hall–Kier alpha value is -2.09. The molecule has 28 heavy (non-hydrogen) atoms. The molecule has 3 rings (SSSR count). The molecule has 2 heterocycles. The van der Waals surface area contributed by atoms with Crippen LogP contribution in [0.4, 0.5) is 5.69 Å². The van der Waals surface area contributed by atoms with E-state index >= 15 is 0 Å². The lowest BCUT2D eigenvalue weighted by Crippen LogP contribution is -2.45. The van der Waals surface area contributed by atoms with Crippen molar-refractivity contribution >= 4 is 27.6 Å². The molecule has 0 amide bonds. The number of hydrogen-bond acceptors (Lipinski definition) is 4. The van der Waals surface area contributed by atoms with Crippen molar-refractivity contribution < 1.29 is 0 Å². The monoisotopic (exact) mass is 447 g/mol. The summed E-state index contributed by atoms with van der Waals surface area (Å²) in [7, 11) is 1.98. The Morgan fingerprint density at radius 3 is 2.86 bits per heavy atom. The lowest BCUT2D eigenvalue weighted by atomic mass is 10.2. The fourth-order valence-corrected chi connectivity index (χ4v) is 3.81. The number of aliphatic imine (C=N–C) groups is 1. The summed E-state index contributed by atoms with van der Waals surface area (Å²) < 4.78 is 3.13. The van der Waals surface area contributed by atoms with E-state index in [1.807, 2.05) is 18.5 Å². The summed E-state index contributed by atoms with van der Waals surface area (Å²) >= 11 is 3.67. The zero-order valence-electron chi connectivity index (χ0n) is 17.0. The molecule has 1 saturated heterocycles. The molecule has 0 aliphatic carbocycles. The third-order valence-electron chi connectivity index (χ3n) is 5.11. The van der Waals surface area contributed by atoms with Crippen molar-refractivity contribution in [1.29, 1.82) is 0 Å². The summed E-state index contributed by atoms with van der Waals surface area (Å²) in [6.07, 6.45) is 3.36. The molecule has 1 aliphatic rings. The van der Waals surface area contributed by atoms with Crippen LogP contribution in [0.5, 0.6) is 0 Å². The summed E-state index contributed by atoms with van der Waals surface area (Å²) in [5, 5.41) is 15.4. The minimum Gasteiger partial charge on any atom is -0.368 e. The van der Waals surface area contributed by atoms with E-state index in [4.69, 9.17) is 4.99 Å². The van der Waals surface area contributed by atoms with Gasteiger partial charge in [0, 0.05) is 37.2 Å². The molecule has 0 radical (unpaired) electrons. The number of aromatic nitrogens is 3. The highest BCUT2D eigenvalue weighted by Gasteiger charge is 2.24. The first-order valence-corrected chi connectivity index (χ1v) is 10.8. The Morgan fingerprint density at radius 1 is 1.32 bits per heavy atom. The normalized spacial score (nSPS) is 17.2. The zero-order valence-corrected chi connectivity index (χ0v) is 18.5. The van der Waals surface area contributed by atoms with E-state index in [-0.39, 0.29) is 0 Å². The van der Waals surface area contributed by atoms with Gasteiger partial charge in [0.2, 0.25) is 0 Å². The highest BCUT2D eigenvalue weighted by Crippen LogP contribution is 2.28. The Labute approximate surface area is 175 Å². The molecule has 1 fully saturated rings. The first-order chi connectivity index (χ1) is 13.6. The molecule has 0 bridgehead atoms. The van der Waals surface area contributed by atoms with Crippen molar-refractivity contribution in [1.82, 2.24) is 25.4 Å². The molecule has 8 heteroatoms. The van der Waals surface area contributed by atoms with Gasteiger partial charge in [-0.05, 0) is 47.8 Å². The maximum Gasteiger partial charge on any atom is 0.191 e. The van der Waals surface area contributed by atoms with E-state index in [1.165, 1.54) is 5.69 Å². The maximum atomic E-state index is 4.76. The van der Waals surface area contributed by atoms with Gasteiger partial charge in [-0.2, -0.15) is 0 Å². The summed E-state index contributed by atoms with van der Waals surface area (Å²) in [5.41, 5.74) is 1.25. The second-order valence-electron chi connectivity index (χ2n) is 7.19. The second kappa shape index (κ2) is 9.91. The molecular weight excluding hydrogens is 418 g/mol. The average Bonchev–Trinajstić information content (AvgIpc) is 3.28. The zero-order chi connectivity index (χ0) is 19.9. The van der Waals surface area contributed by atoms with Gasteiger partial charge in [-0.15, -0.1) is 10.2 Å². The minimum absolute atomic E-state index is 0.362. The van der Waals surface area contributed by atoms with Crippen LogP contribution in [0.15, 0.2) is 33.7 Å². The first kappa shape index (κ1) is 20.6. The number of rotatable bonds is 7. The number of nitrogens with one attached hydrogen (secondary N) is 2. The van der Waals surface area contributed by atoms with Crippen molar-refractivity contribution in [2.75, 3.05) is 24.5 Å². The van der Waals surface area contributed by atoms with E-state index in [0.29, 0.717) is 12.6 Å². The SMILES string of the molecule is CCCCNC(=NCc1nnc(C)n1C)NC1CCN(c2ccccc2Br)C1. The standard InChI is InChI=1S/C20H30BrN7/c1-4-5-11-22-20(23-13-19-26-25-15(2)27(19)3)24-16-10-12-28(14-16)18-9-7-6-8-17(18)21/h6-9,16H,4-5,10-14H2,1-3H3,(H2,22,23,24). The molecule has 0 spiro atoms. The van der Waals surface area contributed by atoms with Crippen molar-refractivity contribution in [2.24, 2.45) is 12.0 Å². The summed E-state index contributed by atoms with van der Waals surface area (Å²) in [5.74, 6) is 2.63. The van der Waals surface area contributed by atoms with Crippen LogP contribution >= 0.6 is 15.9 Å². The van der Waals surface area contributed by atoms with Gasteiger partial charge in [0.05, 0.1) is 5.69 Å². The molecule has 1 unspecified atom stereocenters. The molecule has 2 aromatic rings. The van der Waals surface area contributed by atoms with E-state index in [0.717, 1.165) is 61.0 Å². The van der Waals surface area contributed by atoms with Crippen molar-refractivity contribution in [2.45, 2.75) is 45.7 Å². The fraction of sp³-hybridized carbons (Fsp3) is 0.550. The Bertz CT molecular complexity index is 802. The molecule has 7 nitrogen and oxygen atoms in total.